The first kappa shape index (κ1) is 20.4. The molecule has 1 nitrogen and oxygen atoms in total. The fourth-order valence-electron chi connectivity index (χ4n) is 2.91. The first-order valence-corrected chi connectivity index (χ1v) is 9.06. The molecule has 0 heterocycles. The van der Waals surface area contributed by atoms with Crippen LogP contribution in [-0.2, 0) is 4.79 Å². The van der Waals surface area contributed by atoms with Crippen molar-refractivity contribution in [2.45, 2.75) is 92.4 Å². The maximum absolute atomic E-state index is 10.4. The molecule has 0 saturated heterocycles. The van der Waals surface area contributed by atoms with E-state index in [2.05, 4.69) is 34.6 Å². The van der Waals surface area contributed by atoms with Gasteiger partial charge in [-0.05, 0) is 43.6 Å². The van der Waals surface area contributed by atoms with Gasteiger partial charge in [-0.25, -0.2) is 0 Å². The van der Waals surface area contributed by atoms with Crippen LogP contribution in [0, 0.1) is 17.8 Å². The van der Waals surface area contributed by atoms with Gasteiger partial charge in [0.05, 0.1) is 0 Å². The van der Waals surface area contributed by atoms with Crippen molar-refractivity contribution >= 4 is 6.29 Å². The van der Waals surface area contributed by atoms with Gasteiger partial charge in [0.25, 0.3) is 0 Å². The lowest BCUT2D eigenvalue weighted by Gasteiger charge is -2.15. The number of carbonyl (C=O) groups is 1. The standard InChI is InChI=1S/C20H38O/c1-17(2)9-6-10-18(3)11-7-12-19(4)13-8-14-20(5)15-16-21/h15-19H,6-14H2,1-5H3/b20-15-. The Balaban J connectivity index is 3.54. The summed E-state index contributed by atoms with van der Waals surface area (Å²) < 4.78 is 0. The van der Waals surface area contributed by atoms with Gasteiger partial charge in [-0.1, -0.05) is 78.2 Å². The maximum Gasteiger partial charge on any atom is 0.142 e. The average molecular weight is 295 g/mol. The van der Waals surface area contributed by atoms with Crippen LogP contribution in [0.3, 0.4) is 0 Å². The molecule has 0 aromatic carbocycles. The van der Waals surface area contributed by atoms with Gasteiger partial charge in [0, 0.05) is 0 Å². The first-order valence-electron chi connectivity index (χ1n) is 9.06. The van der Waals surface area contributed by atoms with E-state index in [9.17, 15) is 4.79 Å². The van der Waals surface area contributed by atoms with Crippen LogP contribution < -0.4 is 0 Å². The Hall–Kier alpha value is -0.590. The van der Waals surface area contributed by atoms with Crippen LogP contribution in [0.25, 0.3) is 0 Å². The van der Waals surface area contributed by atoms with Crippen molar-refractivity contribution in [2.24, 2.45) is 17.8 Å². The van der Waals surface area contributed by atoms with Crippen LogP contribution in [0.4, 0.5) is 0 Å². The second kappa shape index (κ2) is 13.1. The second-order valence-electron chi connectivity index (χ2n) is 7.51. The van der Waals surface area contributed by atoms with E-state index in [0.717, 1.165) is 30.5 Å². The van der Waals surface area contributed by atoms with E-state index in [1.165, 1.54) is 56.9 Å². The quantitative estimate of drug-likeness (QED) is 0.277. The van der Waals surface area contributed by atoms with Gasteiger partial charge in [0.2, 0.25) is 0 Å². The van der Waals surface area contributed by atoms with Crippen molar-refractivity contribution in [3.63, 3.8) is 0 Å². The normalized spacial score (nSPS) is 15.2. The van der Waals surface area contributed by atoms with Crippen molar-refractivity contribution in [2.75, 3.05) is 0 Å². The molecule has 0 fully saturated rings. The zero-order valence-corrected chi connectivity index (χ0v) is 15.2. The molecule has 0 spiro atoms. The molecule has 0 aliphatic heterocycles. The van der Waals surface area contributed by atoms with Gasteiger partial charge in [-0.3, -0.25) is 4.79 Å². The van der Waals surface area contributed by atoms with Crippen LogP contribution in [0.1, 0.15) is 92.4 Å². The fraction of sp³-hybridized carbons (Fsp3) is 0.850. The van der Waals surface area contributed by atoms with E-state index < -0.39 is 0 Å². The van der Waals surface area contributed by atoms with Crippen molar-refractivity contribution in [1.29, 1.82) is 0 Å². The Bertz CT molecular complexity index is 278. The van der Waals surface area contributed by atoms with E-state index in [1.54, 1.807) is 6.08 Å². The minimum absolute atomic E-state index is 0.830. The Morgan fingerprint density at radius 3 is 1.76 bits per heavy atom. The van der Waals surface area contributed by atoms with Crippen molar-refractivity contribution in [1.82, 2.24) is 0 Å². The van der Waals surface area contributed by atoms with E-state index in [-0.39, 0.29) is 0 Å². The third-order valence-electron chi connectivity index (χ3n) is 4.49. The van der Waals surface area contributed by atoms with E-state index in [0.29, 0.717) is 0 Å². The molecular weight excluding hydrogens is 256 g/mol. The van der Waals surface area contributed by atoms with E-state index in [1.807, 2.05) is 0 Å². The predicted octanol–water partition coefficient (Wildman–Crippen LogP) is 6.57. The third kappa shape index (κ3) is 14.1. The predicted molar refractivity (Wildman–Crippen MR) is 94.5 cm³/mol. The smallest absolute Gasteiger partial charge is 0.142 e. The molecule has 0 aromatic heterocycles. The highest BCUT2D eigenvalue weighted by atomic mass is 16.1. The topological polar surface area (TPSA) is 17.1 Å². The SMILES string of the molecule is C/C(=C/C=O)CCCC(C)CCCC(C)CCCC(C)C. The fourth-order valence-corrected chi connectivity index (χ4v) is 2.91. The molecule has 0 rings (SSSR count). The monoisotopic (exact) mass is 294 g/mol. The van der Waals surface area contributed by atoms with Gasteiger partial charge < -0.3 is 0 Å². The summed E-state index contributed by atoms with van der Waals surface area (Å²) in [7, 11) is 0. The highest BCUT2D eigenvalue weighted by Crippen LogP contribution is 2.21. The van der Waals surface area contributed by atoms with E-state index in [4.69, 9.17) is 0 Å². The molecule has 0 saturated carbocycles. The van der Waals surface area contributed by atoms with Crippen LogP contribution >= 0.6 is 0 Å². The minimum atomic E-state index is 0.830. The largest absolute Gasteiger partial charge is 0.299 e. The van der Waals surface area contributed by atoms with Gasteiger partial charge in [0.15, 0.2) is 0 Å². The summed E-state index contributed by atoms with van der Waals surface area (Å²) in [5.74, 6) is 2.58. The van der Waals surface area contributed by atoms with Gasteiger partial charge in [-0.15, -0.1) is 0 Å². The average Bonchev–Trinajstić information content (AvgIpc) is 2.38. The molecule has 0 amide bonds. The highest BCUT2D eigenvalue weighted by Gasteiger charge is 2.06. The summed E-state index contributed by atoms with van der Waals surface area (Å²) >= 11 is 0. The number of carbonyl (C=O) groups excluding carboxylic acids is 1. The molecule has 0 aromatic rings. The molecule has 0 bridgehead atoms. The Kier molecular flexibility index (Phi) is 12.7. The lowest BCUT2D eigenvalue weighted by atomic mass is 9.91. The van der Waals surface area contributed by atoms with Gasteiger partial charge in [0.1, 0.15) is 6.29 Å². The maximum atomic E-state index is 10.4. The van der Waals surface area contributed by atoms with Crippen molar-refractivity contribution in [3.05, 3.63) is 11.6 Å². The Morgan fingerprint density at radius 1 is 0.810 bits per heavy atom. The van der Waals surface area contributed by atoms with Crippen molar-refractivity contribution in [3.8, 4) is 0 Å². The van der Waals surface area contributed by atoms with Crippen LogP contribution in [0.15, 0.2) is 11.6 Å². The molecule has 0 aliphatic carbocycles. The number of hydrogen-bond donors (Lipinski definition) is 0. The second-order valence-corrected chi connectivity index (χ2v) is 7.51. The minimum Gasteiger partial charge on any atom is -0.299 e. The highest BCUT2D eigenvalue weighted by molar-refractivity contribution is 5.65. The summed E-state index contributed by atoms with van der Waals surface area (Å²) in [4.78, 5) is 10.4. The number of allylic oxidation sites excluding steroid dienone is 2. The number of aldehydes is 1. The lowest BCUT2D eigenvalue weighted by molar-refractivity contribution is -0.104. The summed E-state index contributed by atoms with van der Waals surface area (Å²) in [5.41, 5.74) is 1.22. The van der Waals surface area contributed by atoms with E-state index >= 15 is 0 Å². The molecule has 0 radical (unpaired) electrons. The summed E-state index contributed by atoms with van der Waals surface area (Å²) in [6, 6.07) is 0. The first-order chi connectivity index (χ1) is 9.95. The molecular formula is C20H38O. The third-order valence-corrected chi connectivity index (χ3v) is 4.49. The van der Waals surface area contributed by atoms with Crippen LogP contribution in [-0.4, -0.2) is 6.29 Å². The zero-order valence-electron chi connectivity index (χ0n) is 15.2. The number of rotatable bonds is 13. The molecule has 1 heteroatoms. The molecule has 124 valence electrons. The van der Waals surface area contributed by atoms with Gasteiger partial charge >= 0.3 is 0 Å². The molecule has 2 atom stereocenters. The lowest BCUT2D eigenvalue weighted by Crippen LogP contribution is -2.00. The zero-order chi connectivity index (χ0) is 16.1. The number of hydrogen-bond acceptors (Lipinski definition) is 1. The molecule has 2 unspecified atom stereocenters. The molecule has 0 N–H and O–H groups in total. The van der Waals surface area contributed by atoms with Crippen molar-refractivity contribution < 1.29 is 4.79 Å². The summed E-state index contributed by atoms with van der Waals surface area (Å²) in [6.07, 6.45) is 14.5. The molecule has 21 heavy (non-hydrogen) atoms. The van der Waals surface area contributed by atoms with Crippen LogP contribution in [0.2, 0.25) is 0 Å². The summed E-state index contributed by atoms with van der Waals surface area (Å²) in [6.45, 7) is 11.5. The Morgan fingerprint density at radius 2 is 1.29 bits per heavy atom. The van der Waals surface area contributed by atoms with Crippen LogP contribution in [0.5, 0.6) is 0 Å². The summed E-state index contributed by atoms with van der Waals surface area (Å²) in [5, 5.41) is 0. The van der Waals surface area contributed by atoms with Gasteiger partial charge in [-0.2, -0.15) is 0 Å². The Labute approximate surface area is 133 Å². The molecule has 0 aliphatic rings.